The van der Waals surface area contributed by atoms with Gasteiger partial charge in [0, 0.05) is 28.6 Å². The van der Waals surface area contributed by atoms with Gasteiger partial charge in [-0.3, -0.25) is 14.5 Å². The molecule has 0 saturated heterocycles. The smallest absolute Gasteiger partial charge is 0.267 e. The Labute approximate surface area is 185 Å². The zero-order valence-electron chi connectivity index (χ0n) is 16.8. The van der Waals surface area contributed by atoms with Crippen molar-refractivity contribution in [3.05, 3.63) is 90.6 Å². The number of carbonyl (C=O) groups excluding carboxylic acids is 2. The number of benzene rings is 3. The Balaban J connectivity index is 1.86. The Morgan fingerprint density at radius 1 is 1.03 bits per heavy atom. The van der Waals surface area contributed by atoms with Crippen molar-refractivity contribution in [3.8, 4) is 6.07 Å². The summed E-state index contributed by atoms with van der Waals surface area (Å²) in [4.78, 5) is 28.0. The summed E-state index contributed by atoms with van der Waals surface area (Å²) >= 11 is 1.50. The lowest BCUT2D eigenvalue weighted by molar-refractivity contribution is -0.116. The molecule has 154 valence electrons. The molecular formula is C24H20N4O2S. The monoisotopic (exact) mass is 428 g/mol. The van der Waals surface area contributed by atoms with Crippen molar-refractivity contribution in [2.45, 2.75) is 16.7 Å². The van der Waals surface area contributed by atoms with Crippen LogP contribution in [0.2, 0.25) is 0 Å². The Hall–Kier alpha value is -4.02. The number of hydrogen-bond acceptors (Lipinski definition) is 5. The molecule has 3 aromatic rings. The molecule has 0 spiro atoms. The maximum Gasteiger partial charge on any atom is 0.267 e. The van der Waals surface area contributed by atoms with E-state index in [2.05, 4.69) is 5.32 Å². The van der Waals surface area contributed by atoms with Crippen LogP contribution in [-0.2, 0) is 9.59 Å². The average molecular weight is 429 g/mol. The van der Waals surface area contributed by atoms with Crippen LogP contribution < -0.4 is 16.0 Å². The van der Waals surface area contributed by atoms with E-state index < -0.39 is 5.91 Å². The first-order valence-corrected chi connectivity index (χ1v) is 10.2. The quantitative estimate of drug-likeness (QED) is 0.333. The first kappa shape index (κ1) is 21.7. The van der Waals surface area contributed by atoms with Crippen LogP contribution in [0.3, 0.4) is 0 Å². The van der Waals surface area contributed by atoms with Gasteiger partial charge in [-0.1, -0.05) is 48.2 Å². The fourth-order valence-electron chi connectivity index (χ4n) is 2.75. The molecule has 0 radical (unpaired) electrons. The number of nitrogens with zero attached hydrogens (tertiary/aromatic N) is 2. The van der Waals surface area contributed by atoms with Crippen LogP contribution in [0.5, 0.6) is 0 Å². The minimum atomic E-state index is -0.612. The molecule has 0 saturated carbocycles. The highest BCUT2D eigenvalue weighted by Crippen LogP contribution is 2.33. The summed E-state index contributed by atoms with van der Waals surface area (Å²) in [5, 5.41) is 12.3. The summed E-state index contributed by atoms with van der Waals surface area (Å²) < 4.78 is 0. The molecule has 0 heterocycles. The number of hydrogen-bond donors (Lipinski definition) is 2. The van der Waals surface area contributed by atoms with Crippen molar-refractivity contribution in [1.29, 1.82) is 5.26 Å². The van der Waals surface area contributed by atoms with Crippen molar-refractivity contribution in [2.24, 2.45) is 0 Å². The highest BCUT2D eigenvalue weighted by atomic mass is 32.2. The molecule has 3 aromatic carbocycles. The van der Waals surface area contributed by atoms with Crippen molar-refractivity contribution >= 4 is 40.6 Å². The lowest BCUT2D eigenvalue weighted by Crippen LogP contribution is -2.25. The molecule has 7 heteroatoms. The zero-order valence-corrected chi connectivity index (χ0v) is 17.6. The summed E-state index contributed by atoms with van der Waals surface area (Å²) in [5.41, 5.74) is 7.09. The minimum Gasteiger partial charge on any atom is -0.399 e. The average Bonchev–Trinajstić information content (AvgIpc) is 2.76. The molecule has 2 amide bonds. The first-order valence-electron chi connectivity index (χ1n) is 9.38. The van der Waals surface area contributed by atoms with Crippen LogP contribution >= 0.6 is 11.8 Å². The van der Waals surface area contributed by atoms with Gasteiger partial charge >= 0.3 is 0 Å². The van der Waals surface area contributed by atoms with E-state index in [-0.39, 0.29) is 11.5 Å². The second kappa shape index (κ2) is 10.1. The molecule has 0 atom stereocenters. The van der Waals surface area contributed by atoms with Gasteiger partial charge in [0.15, 0.2) is 0 Å². The van der Waals surface area contributed by atoms with E-state index in [4.69, 9.17) is 5.73 Å². The summed E-state index contributed by atoms with van der Waals surface area (Å²) in [6, 6.07) is 25.6. The predicted octanol–water partition coefficient (Wildman–Crippen LogP) is 4.82. The standard InChI is InChI=1S/C24H20N4O2S/c1-17(29)28(20-9-7-8-19(26)14-20)16-18(15-25)24(30)27-22-12-5-6-13-23(22)31-21-10-3-2-4-11-21/h2-14,16H,26H2,1H3,(H,27,30)/b18-16-. The van der Waals surface area contributed by atoms with E-state index in [0.717, 1.165) is 9.79 Å². The van der Waals surface area contributed by atoms with Crippen LogP contribution in [-0.4, -0.2) is 11.8 Å². The topological polar surface area (TPSA) is 99.2 Å². The van der Waals surface area contributed by atoms with Crippen LogP contribution in [0.15, 0.2) is 100 Å². The lowest BCUT2D eigenvalue weighted by Gasteiger charge is -2.18. The summed E-state index contributed by atoms with van der Waals surface area (Å²) in [7, 11) is 0. The Morgan fingerprint density at radius 2 is 1.74 bits per heavy atom. The lowest BCUT2D eigenvalue weighted by atomic mass is 10.2. The van der Waals surface area contributed by atoms with Crippen molar-refractivity contribution < 1.29 is 9.59 Å². The Kier molecular flexibility index (Phi) is 7.09. The summed E-state index contributed by atoms with van der Waals surface area (Å²) in [6.07, 6.45) is 1.22. The molecule has 31 heavy (non-hydrogen) atoms. The van der Waals surface area contributed by atoms with E-state index in [9.17, 15) is 14.9 Å². The van der Waals surface area contributed by atoms with E-state index in [0.29, 0.717) is 17.1 Å². The number of anilines is 3. The number of rotatable bonds is 6. The molecule has 0 aliphatic heterocycles. The Morgan fingerprint density at radius 3 is 2.42 bits per heavy atom. The SMILES string of the molecule is CC(=O)N(/C=C(/C#N)C(=O)Nc1ccccc1Sc1ccccc1)c1cccc(N)c1. The van der Waals surface area contributed by atoms with Gasteiger partial charge < -0.3 is 11.1 Å². The molecule has 0 bridgehead atoms. The van der Waals surface area contributed by atoms with Gasteiger partial charge in [0.1, 0.15) is 11.6 Å². The third kappa shape index (κ3) is 5.75. The van der Waals surface area contributed by atoms with Crippen molar-refractivity contribution in [3.63, 3.8) is 0 Å². The van der Waals surface area contributed by atoms with Gasteiger partial charge in [0.2, 0.25) is 5.91 Å². The van der Waals surface area contributed by atoms with Crippen molar-refractivity contribution in [1.82, 2.24) is 0 Å². The summed E-state index contributed by atoms with van der Waals surface area (Å²) in [5.74, 6) is -0.968. The predicted molar refractivity (Wildman–Crippen MR) is 123 cm³/mol. The van der Waals surface area contributed by atoms with Gasteiger partial charge in [-0.15, -0.1) is 0 Å². The van der Waals surface area contributed by atoms with Gasteiger partial charge in [-0.05, 0) is 42.5 Å². The van der Waals surface area contributed by atoms with Crippen molar-refractivity contribution in [2.75, 3.05) is 16.0 Å². The maximum absolute atomic E-state index is 12.8. The third-order valence-corrected chi connectivity index (χ3v) is 5.30. The zero-order chi connectivity index (χ0) is 22.2. The Bertz CT molecular complexity index is 1170. The van der Waals surface area contributed by atoms with Gasteiger partial charge in [-0.2, -0.15) is 5.26 Å². The second-order valence-corrected chi connectivity index (χ2v) is 7.62. The van der Waals surface area contributed by atoms with Crippen LogP contribution in [0.1, 0.15) is 6.92 Å². The van der Waals surface area contributed by atoms with E-state index >= 15 is 0 Å². The molecule has 0 fully saturated rings. The fraction of sp³-hybridized carbons (Fsp3) is 0.0417. The second-order valence-electron chi connectivity index (χ2n) is 6.50. The number of nitrogens with two attached hydrogens (primary N) is 1. The molecule has 0 aliphatic rings. The normalized spacial score (nSPS) is 10.8. The highest BCUT2D eigenvalue weighted by Gasteiger charge is 2.17. The third-order valence-electron chi connectivity index (χ3n) is 4.22. The molecule has 3 rings (SSSR count). The fourth-order valence-corrected chi connectivity index (χ4v) is 3.68. The molecule has 0 unspecified atom stereocenters. The van der Waals surface area contributed by atoms with Gasteiger partial charge in [-0.25, -0.2) is 0 Å². The molecule has 0 aromatic heterocycles. The minimum absolute atomic E-state index is 0.211. The van der Waals surface area contributed by atoms with E-state index in [1.54, 1.807) is 36.4 Å². The highest BCUT2D eigenvalue weighted by molar-refractivity contribution is 7.99. The number of amides is 2. The van der Waals surface area contributed by atoms with Gasteiger partial charge in [0.25, 0.3) is 5.91 Å². The maximum atomic E-state index is 12.8. The van der Waals surface area contributed by atoms with E-state index in [1.165, 1.54) is 29.8 Å². The van der Waals surface area contributed by atoms with Crippen LogP contribution in [0.25, 0.3) is 0 Å². The van der Waals surface area contributed by atoms with Gasteiger partial charge in [0.05, 0.1) is 11.4 Å². The summed E-state index contributed by atoms with van der Waals surface area (Å²) in [6.45, 7) is 1.35. The molecular weight excluding hydrogens is 408 g/mol. The van der Waals surface area contributed by atoms with Crippen LogP contribution in [0.4, 0.5) is 17.1 Å². The number of nitriles is 1. The molecule has 3 N–H and O–H groups in total. The molecule has 6 nitrogen and oxygen atoms in total. The largest absolute Gasteiger partial charge is 0.399 e. The number of carbonyl (C=O) groups is 2. The first-order chi connectivity index (χ1) is 15.0. The molecule has 0 aliphatic carbocycles. The van der Waals surface area contributed by atoms with Crippen LogP contribution in [0, 0.1) is 11.3 Å². The number of nitrogen functional groups attached to an aromatic ring is 1. The number of para-hydroxylation sites is 1. The van der Waals surface area contributed by atoms with E-state index in [1.807, 2.05) is 48.5 Å². The number of nitrogens with one attached hydrogen (secondary N) is 1.